The lowest BCUT2D eigenvalue weighted by Crippen LogP contribution is -2.25. The maximum Gasteiger partial charge on any atom is 0.198 e. The van der Waals surface area contributed by atoms with Gasteiger partial charge in [0.25, 0.3) is 0 Å². The second kappa shape index (κ2) is 4.46. The van der Waals surface area contributed by atoms with Gasteiger partial charge in [0.2, 0.25) is 0 Å². The third-order valence-electron chi connectivity index (χ3n) is 3.56. The van der Waals surface area contributed by atoms with Gasteiger partial charge in [-0.1, -0.05) is 42.5 Å². The summed E-state index contributed by atoms with van der Waals surface area (Å²) < 4.78 is 5.48. The minimum absolute atomic E-state index is 0.214. The van der Waals surface area contributed by atoms with Crippen LogP contribution in [0.2, 0.25) is 0 Å². The van der Waals surface area contributed by atoms with Crippen LogP contribution in [0, 0.1) is 6.92 Å². The van der Waals surface area contributed by atoms with Crippen molar-refractivity contribution in [2.24, 2.45) is 0 Å². The number of benzene rings is 2. The highest BCUT2D eigenvalue weighted by Crippen LogP contribution is 2.40. The molecule has 2 atom stereocenters. The molecule has 1 aliphatic rings. The lowest BCUT2D eigenvalue weighted by molar-refractivity contribution is -0.0359. The fourth-order valence-corrected chi connectivity index (χ4v) is 2.67. The van der Waals surface area contributed by atoms with E-state index in [4.69, 9.17) is 4.74 Å². The number of rotatable bonds is 1. The predicted octanol–water partition coefficient (Wildman–Crippen LogP) is 3.23. The Morgan fingerprint density at radius 3 is 2.44 bits per heavy atom. The van der Waals surface area contributed by atoms with Gasteiger partial charge < -0.3 is 9.84 Å². The molecule has 0 bridgehead atoms. The first kappa shape index (κ1) is 11.3. The SMILES string of the molecule is Cc1ccccc1[C@H]1CC(O)Oc2ccccc21. The number of fused-ring (bicyclic) bond motifs is 1. The molecule has 1 aliphatic heterocycles. The topological polar surface area (TPSA) is 29.5 Å². The van der Waals surface area contributed by atoms with Crippen LogP contribution in [-0.4, -0.2) is 11.4 Å². The Morgan fingerprint density at radius 2 is 1.67 bits per heavy atom. The molecule has 0 aromatic heterocycles. The average Bonchev–Trinajstić information content (AvgIpc) is 2.38. The minimum Gasteiger partial charge on any atom is -0.465 e. The van der Waals surface area contributed by atoms with E-state index in [-0.39, 0.29) is 5.92 Å². The highest BCUT2D eigenvalue weighted by atomic mass is 16.6. The number of hydrogen-bond acceptors (Lipinski definition) is 2. The highest BCUT2D eigenvalue weighted by molar-refractivity contribution is 5.45. The van der Waals surface area contributed by atoms with Crippen LogP contribution < -0.4 is 4.74 Å². The molecule has 1 unspecified atom stereocenters. The van der Waals surface area contributed by atoms with Gasteiger partial charge in [-0.15, -0.1) is 0 Å². The Kier molecular flexibility index (Phi) is 2.80. The monoisotopic (exact) mass is 240 g/mol. The molecule has 2 nitrogen and oxygen atoms in total. The van der Waals surface area contributed by atoms with E-state index in [1.54, 1.807) is 0 Å². The van der Waals surface area contributed by atoms with E-state index in [1.165, 1.54) is 11.1 Å². The van der Waals surface area contributed by atoms with Crippen molar-refractivity contribution < 1.29 is 9.84 Å². The Hall–Kier alpha value is -1.80. The minimum atomic E-state index is -0.718. The summed E-state index contributed by atoms with van der Waals surface area (Å²) in [6, 6.07) is 16.3. The van der Waals surface area contributed by atoms with E-state index >= 15 is 0 Å². The Morgan fingerprint density at radius 1 is 1.00 bits per heavy atom. The molecule has 0 saturated carbocycles. The van der Waals surface area contributed by atoms with Crippen LogP contribution in [0.1, 0.15) is 29.0 Å². The molecule has 2 aromatic rings. The molecule has 0 amide bonds. The second-order valence-electron chi connectivity index (χ2n) is 4.76. The number of aryl methyl sites for hydroxylation is 1. The standard InChI is InChI=1S/C16H16O2/c1-11-6-2-3-7-12(11)14-10-16(17)18-15-9-5-4-8-13(14)15/h2-9,14,16-17H,10H2,1H3/t14-,16?/m1/s1. The maximum atomic E-state index is 9.86. The molecule has 0 fully saturated rings. The molecule has 2 aromatic carbocycles. The predicted molar refractivity (Wildman–Crippen MR) is 70.7 cm³/mol. The summed E-state index contributed by atoms with van der Waals surface area (Å²) in [5, 5.41) is 9.86. The van der Waals surface area contributed by atoms with Crippen LogP contribution in [0.25, 0.3) is 0 Å². The smallest absolute Gasteiger partial charge is 0.198 e. The molecule has 0 aliphatic carbocycles. The number of para-hydroxylation sites is 1. The largest absolute Gasteiger partial charge is 0.465 e. The number of hydrogen-bond donors (Lipinski definition) is 1. The number of aliphatic hydroxyl groups is 1. The fraction of sp³-hybridized carbons (Fsp3) is 0.250. The first-order valence-corrected chi connectivity index (χ1v) is 6.25. The first-order valence-electron chi connectivity index (χ1n) is 6.25. The Labute approximate surface area is 107 Å². The van der Waals surface area contributed by atoms with Crippen LogP contribution in [0.4, 0.5) is 0 Å². The lowest BCUT2D eigenvalue weighted by atomic mass is 9.84. The molecule has 0 radical (unpaired) electrons. The van der Waals surface area contributed by atoms with Gasteiger partial charge in [-0.3, -0.25) is 0 Å². The second-order valence-corrected chi connectivity index (χ2v) is 4.76. The third kappa shape index (κ3) is 1.89. The molecule has 1 N–H and O–H groups in total. The summed E-state index contributed by atoms with van der Waals surface area (Å²) in [5.74, 6) is 1.01. The van der Waals surface area contributed by atoms with Gasteiger partial charge in [-0.2, -0.15) is 0 Å². The van der Waals surface area contributed by atoms with E-state index in [0.717, 1.165) is 11.3 Å². The quantitative estimate of drug-likeness (QED) is 0.829. The van der Waals surface area contributed by atoms with Crippen LogP contribution in [0.5, 0.6) is 5.75 Å². The van der Waals surface area contributed by atoms with Crippen molar-refractivity contribution in [3.05, 3.63) is 65.2 Å². The van der Waals surface area contributed by atoms with Gasteiger partial charge in [0, 0.05) is 17.9 Å². The van der Waals surface area contributed by atoms with Gasteiger partial charge in [-0.25, -0.2) is 0 Å². The van der Waals surface area contributed by atoms with Gasteiger partial charge in [0.15, 0.2) is 6.29 Å². The van der Waals surface area contributed by atoms with Crippen molar-refractivity contribution in [2.75, 3.05) is 0 Å². The molecular weight excluding hydrogens is 224 g/mol. The van der Waals surface area contributed by atoms with E-state index in [2.05, 4.69) is 25.1 Å². The molecule has 18 heavy (non-hydrogen) atoms. The average molecular weight is 240 g/mol. The molecule has 2 heteroatoms. The Balaban J connectivity index is 2.11. The molecular formula is C16H16O2. The first-order chi connectivity index (χ1) is 8.75. The van der Waals surface area contributed by atoms with Crippen molar-refractivity contribution >= 4 is 0 Å². The fourth-order valence-electron chi connectivity index (χ4n) is 2.67. The molecule has 0 spiro atoms. The molecule has 3 rings (SSSR count). The zero-order valence-electron chi connectivity index (χ0n) is 10.3. The van der Waals surface area contributed by atoms with Gasteiger partial charge in [0.05, 0.1) is 0 Å². The molecule has 0 saturated heterocycles. The summed E-state index contributed by atoms with van der Waals surface area (Å²) in [6.45, 7) is 2.11. The van der Waals surface area contributed by atoms with Crippen LogP contribution in [0.15, 0.2) is 48.5 Å². The number of aliphatic hydroxyl groups excluding tert-OH is 1. The number of ether oxygens (including phenoxy) is 1. The highest BCUT2D eigenvalue weighted by Gasteiger charge is 2.28. The van der Waals surface area contributed by atoms with Crippen LogP contribution >= 0.6 is 0 Å². The third-order valence-corrected chi connectivity index (χ3v) is 3.56. The van der Waals surface area contributed by atoms with Crippen molar-refractivity contribution in [3.8, 4) is 5.75 Å². The van der Waals surface area contributed by atoms with Crippen LogP contribution in [-0.2, 0) is 0 Å². The van der Waals surface area contributed by atoms with Gasteiger partial charge >= 0.3 is 0 Å². The summed E-state index contributed by atoms with van der Waals surface area (Å²) >= 11 is 0. The van der Waals surface area contributed by atoms with Crippen molar-refractivity contribution in [1.82, 2.24) is 0 Å². The lowest BCUT2D eigenvalue weighted by Gasteiger charge is -2.30. The maximum absolute atomic E-state index is 9.86. The zero-order valence-corrected chi connectivity index (χ0v) is 10.3. The van der Waals surface area contributed by atoms with E-state index in [1.807, 2.05) is 30.3 Å². The Bertz CT molecular complexity index is 563. The summed E-state index contributed by atoms with van der Waals surface area (Å²) in [4.78, 5) is 0. The van der Waals surface area contributed by atoms with Crippen molar-refractivity contribution in [2.45, 2.75) is 25.6 Å². The molecule has 1 heterocycles. The van der Waals surface area contributed by atoms with Crippen LogP contribution in [0.3, 0.4) is 0 Å². The zero-order chi connectivity index (χ0) is 12.5. The van der Waals surface area contributed by atoms with Gasteiger partial charge in [-0.05, 0) is 24.1 Å². The van der Waals surface area contributed by atoms with Gasteiger partial charge in [0.1, 0.15) is 5.75 Å². The molecule has 92 valence electrons. The van der Waals surface area contributed by atoms with E-state index in [0.29, 0.717) is 6.42 Å². The van der Waals surface area contributed by atoms with Crippen molar-refractivity contribution in [1.29, 1.82) is 0 Å². The van der Waals surface area contributed by atoms with E-state index < -0.39 is 6.29 Å². The normalized spacial score (nSPS) is 22.1. The summed E-state index contributed by atoms with van der Waals surface area (Å²) in [5.41, 5.74) is 3.69. The summed E-state index contributed by atoms with van der Waals surface area (Å²) in [6.07, 6.45) is -0.105. The van der Waals surface area contributed by atoms with Crippen molar-refractivity contribution in [3.63, 3.8) is 0 Å². The summed E-state index contributed by atoms with van der Waals surface area (Å²) in [7, 11) is 0. The van der Waals surface area contributed by atoms with E-state index in [9.17, 15) is 5.11 Å².